The van der Waals surface area contributed by atoms with E-state index in [1.54, 1.807) is 0 Å². The Hall–Kier alpha value is -1.06. The molecule has 0 aromatic heterocycles. The predicted molar refractivity (Wildman–Crippen MR) is 66.5 cm³/mol. The number of nitrogen functional groups attached to an aromatic ring is 1. The second kappa shape index (κ2) is 5.87. The molecule has 3 heteroatoms. The fraction of sp³-hybridized carbons (Fsp3) is 0.538. The number of hydrogen-bond acceptors (Lipinski definition) is 3. The Balaban J connectivity index is 3.25. The number of aliphatic hydroxyl groups is 2. The first-order valence-corrected chi connectivity index (χ1v) is 5.73. The molecular formula is C13H21NO2. The SMILES string of the molecule is CC(C)c1ccc(N)c(CCO)c1CCO. The summed E-state index contributed by atoms with van der Waals surface area (Å²) in [4.78, 5) is 0. The van der Waals surface area contributed by atoms with Crippen molar-refractivity contribution in [3.05, 3.63) is 28.8 Å². The molecule has 0 radical (unpaired) electrons. The van der Waals surface area contributed by atoms with E-state index in [4.69, 9.17) is 15.9 Å². The molecule has 16 heavy (non-hydrogen) atoms. The van der Waals surface area contributed by atoms with Gasteiger partial charge < -0.3 is 15.9 Å². The van der Waals surface area contributed by atoms with Crippen molar-refractivity contribution in [1.82, 2.24) is 0 Å². The van der Waals surface area contributed by atoms with Crippen molar-refractivity contribution in [2.45, 2.75) is 32.6 Å². The molecule has 0 saturated carbocycles. The Morgan fingerprint density at radius 1 is 1.06 bits per heavy atom. The lowest BCUT2D eigenvalue weighted by Gasteiger charge is -2.18. The van der Waals surface area contributed by atoms with Crippen LogP contribution in [-0.2, 0) is 12.8 Å². The lowest BCUT2D eigenvalue weighted by molar-refractivity contribution is 0.293. The largest absolute Gasteiger partial charge is 0.398 e. The van der Waals surface area contributed by atoms with E-state index in [9.17, 15) is 0 Å². The highest BCUT2D eigenvalue weighted by atomic mass is 16.3. The van der Waals surface area contributed by atoms with Crippen LogP contribution in [0.15, 0.2) is 12.1 Å². The summed E-state index contributed by atoms with van der Waals surface area (Å²) in [5.41, 5.74) is 9.93. The molecule has 0 aliphatic carbocycles. The van der Waals surface area contributed by atoms with Crippen LogP contribution in [0, 0.1) is 0 Å². The number of nitrogens with two attached hydrogens (primary N) is 1. The van der Waals surface area contributed by atoms with Crippen LogP contribution in [0.3, 0.4) is 0 Å². The summed E-state index contributed by atoms with van der Waals surface area (Å²) in [6.07, 6.45) is 1.16. The molecule has 0 atom stereocenters. The second-order valence-corrected chi connectivity index (χ2v) is 4.30. The number of anilines is 1. The highest BCUT2D eigenvalue weighted by Crippen LogP contribution is 2.27. The molecule has 1 aromatic rings. The van der Waals surface area contributed by atoms with Gasteiger partial charge in [-0.1, -0.05) is 19.9 Å². The molecule has 0 aliphatic heterocycles. The Kier molecular flexibility index (Phi) is 4.77. The molecule has 0 spiro atoms. The van der Waals surface area contributed by atoms with Crippen molar-refractivity contribution in [2.24, 2.45) is 0 Å². The Bertz CT molecular complexity index is 348. The van der Waals surface area contributed by atoms with Crippen LogP contribution in [0.1, 0.15) is 36.5 Å². The molecular weight excluding hydrogens is 202 g/mol. The Morgan fingerprint density at radius 3 is 2.12 bits per heavy atom. The maximum atomic E-state index is 9.11. The molecule has 0 amide bonds. The van der Waals surface area contributed by atoms with Gasteiger partial charge in [0, 0.05) is 18.9 Å². The zero-order valence-corrected chi connectivity index (χ0v) is 10.0. The first-order valence-electron chi connectivity index (χ1n) is 5.73. The number of aliphatic hydroxyl groups excluding tert-OH is 2. The van der Waals surface area contributed by atoms with Gasteiger partial charge in [0.15, 0.2) is 0 Å². The summed E-state index contributed by atoms with van der Waals surface area (Å²) < 4.78 is 0. The second-order valence-electron chi connectivity index (χ2n) is 4.30. The van der Waals surface area contributed by atoms with Crippen LogP contribution < -0.4 is 5.73 Å². The first kappa shape index (κ1) is 13.0. The monoisotopic (exact) mass is 223 g/mol. The van der Waals surface area contributed by atoms with Crippen LogP contribution in [0.2, 0.25) is 0 Å². The predicted octanol–water partition coefficient (Wildman–Crippen LogP) is 1.46. The molecule has 0 unspecified atom stereocenters. The minimum atomic E-state index is 0.0875. The lowest BCUT2D eigenvalue weighted by atomic mass is 9.89. The van der Waals surface area contributed by atoms with Crippen LogP contribution >= 0.6 is 0 Å². The molecule has 0 saturated heterocycles. The van der Waals surface area contributed by atoms with Gasteiger partial charge in [0.2, 0.25) is 0 Å². The summed E-state index contributed by atoms with van der Waals surface area (Å²) in [6, 6.07) is 3.91. The van der Waals surface area contributed by atoms with E-state index in [1.165, 1.54) is 5.56 Å². The average molecular weight is 223 g/mol. The fourth-order valence-corrected chi connectivity index (χ4v) is 2.08. The third-order valence-electron chi connectivity index (χ3n) is 2.85. The van der Waals surface area contributed by atoms with E-state index in [1.807, 2.05) is 12.1 Å². The van der Waals surface area contributed by atoms with Gasteiger partial charge in [-0.2, -0.15) is 0 Å². The van der Waals surface area contributed by atoms with Gasteiger partial charge in [-0.15, -0.1) is 0 Å². The molecule has 90 valence electrons. The third kappa shape index (κ3) is 2.74. The van der Waals surface area contributed by atoms with Gasteiger partial charge in [0.25, 0.3) is 0 Å². The number of rotatable bonds is 5. The smallest absolute Gasteiger partial charge is 0.0472 e. The maximum absolute atomic E-state index is 9.11. The molecule has 1 rings (SSSR count). The summed E-state index contributed by atoms with van der Waals surface area (Å²) >= 11 is 0. The average Bonchev–Trinajstić information content (AvgIpc) is 2.23. The lowest BCUT2D eigenvalue weighted by Crippen LogP contribution is -2.09. The van der Waals surface area contributed by atoms with Gasteiger partial charge >= 0.3 is 0 Å². The van der Waals surface area contributed by atoms with Crippen molar-refractivity contribution < 1.29 is 10.2 Å². The van der Waals surface area contributed by atoms with Crippen LogP contribution in [0.4, 0.5) is 5.69 Å². The maximum Gasteiger partial charge on any atom is 0.0472 e. The van der Waals surface area contributed by atoms with Gasteiger partial charge in [-0.05, 0) is 41.5 Å². The third-order valence-corrected chi connectivity index (χ3v) is 2.85. The normalized spacial score (nSPS) is 11.1. The molecule has 0 fully saturated rings. The molecule has 0 heterocycles. The minimum Gasteiger partial charge on any atom is -0.398 e. The van der Waals surface area contributed by atoms with Gasteiger partial charge in [0.05, 0.1) is 0 Å². The van der Waals surface area contributed by atoms with Crippen molar-refractivity contribution in [2.75, 3.05) is 18.9 Å². The molecule has 3 nitrogen and oxygen atoms in total. The summed E-state index contributed by atoms with van der Waals surface area (Å²) in [6.45, 7) is 4.44. The summed E-state index contributed by atoms with van der Waals surface area (Å²) in [5, 5.41) is 18.2. The zero-order chi connectivity index (χ0) is 12.1. The summed E-state index contributed by atoms with van der Waals surface area (Å²) in [7, 11) is 0. The van der Waals surface area contributed by atoms with Crippen molar-refractivity contribution in [3.8, 4) is 0 Å². The van der Waals surface area contributed by atoms with Gasteiger partial charge in [0.1, 0.15) is 0 Å². The van der Waals surface area contributed by atoms with Crippen molar-refractivity contribution in [3.63, 3.8) is 0 Å². The summed E-state index contributed by atoms with van der Waals surface area (Å²) in [5.74, 6) is 0.402. The molecule has 0 aliphatic rings. The van der Waals surface area contributed by atoms with E-state index < -0.39 is 0 Å². The topological polar surface area (TPSA) is 66.5 Å². The first-order chi connectivity index (χ1) is 7.61. The molecule has 1 aromatic carbocycles. The van der Waals surface area contributed by atoms with Crippen molar-refractivity contribution in [1.29, 1.82) is 0 Å². The molecule has 0 bridgehead atoms. The number of hydrogen-bond donors (Lipinski definition) is 3. The van der Waals surface area contributed by atoms with Crippen molar-refractivity contribution >= 4 is 5.69 Å². The van der Waals surface area contributed by atoms with Gasteiger partial charge in [-0.25, -0.2) is 0 Å². The number of benzene rings is 1. The van der Waals surface area contributed by atoms with E-state index in [2.05, 4.69) is 13.8 Å². The van der Waals surface area contributed by atoms with Crippen LogP contribution in [-0.4, -0.2) is 23.4 Å². The minimum absolute atomic E-state index is 0.0875. The standard InChI is InChI=1S/C13H21NO2/c1-9(2)10-3-4-13(14)12(6-8-16)11(10)5-7-15/h3-4,9,15-16H,5-8,14H2,1-2H3. The van der Waals surface area contributed by atoms with Crippen LogP contribution in [0.25, 0.3) is 0 Å². The highest BCUT2D eigenvalue weighted by molar-refractivity contribution is 5.55. The fourth-order valence-electron chi connectivity index (χ4n) is 2.08. The zero-order valence-electron chi connectivity index (χ0n) is 10.0. The van der Waals surface area contributed by atoms with E-state index in [0.29, 0.717) is 24.4 Å². The molecule has 4 N–H and O–H groups in total. The van der Waals surface area contributed by atoms with E-state index in [0.717, 1.165) is 11.1 Å². The highest BCUT2D eigenvalue weighted by Gasteiger charge is 2.13. The Labute approximate surface area is 96.9 Å². The van der Waals surface area contributed by atoms with Gasteiger partial charge in [-0.3, -0.25) is 0 Å². The van der Waals surface area contributed by atoms with E-state index in [-0.39, 0.29) is 13.2 Å². The Morgan fingerprint density at radius 2 is 1.62 bits per heavy atom. The van der Waals surface area contributed by atoms with Crippen LogP contribution in [0.5, 0.6) is 0 Å². The van der Waals surface area contributed by atoms with E-state index >= 15 is 0 Å². The quantitative estimate of drug-likeness (QED) is 0.662.